The second kappa shape index (κ2) is 30.6. The maximum absolute atomic E-state index is 8.74. The molecule has 25 heavy (non-hydrogen) atoms. The highest BCUT2D eigenvalue weighted by molar-refractivity contribution is 7.80. The summed E-state index contributed by atoms with van der Waals surface area (Å²) in [5, 5.41) is 13.9. The molecule has 0 amide bonds. The first-order chi connectivity index (χ1) is 7.73. The lowest BCUT2D eigenvalue weighted by Gasteiger charge is -1.68. The molecule has 0 atom stereocenters. The molecular weight excluding hydrogens is 477 g/mol. The van der Waals surface area contributed by atoms with Crippen molar-refractivity contribution in [3.63, 3.8) is 0 Å². The predicted molar refractivity (Wildman–Crippen MR) is 94.6 cm³/mol. The van der Waals surface area contributed by atoms with Gasteiger partial charge in [0, 0.05) is 0 Å². The Kier molecular flexibility index (Phi) is 77.3. The average Bonchev–Trinajstić information content (AvgIpc) is 1.66. The molecule has 0 radical (unpaired) electrons. The highest BCUT2D eigenvalue weighted by Gasteiger charge is 1.85. The molecule has 0 aromatic carbocycles. The van der Waals surface area contributed by atoms with Crippen LogP contribution in [0.4, 0.5) is 4.79 Å². The number of rotatable bonds is 0. The van der Waals surface area contributed by atoms with Crippen LogP contribution >= 0.6 is 0 Å². The van der Waals surface area contributed by atoms with E-state index in [4.69, 9.17) is 67.6 Å². The molecular formula is CH20Mg4O17S3. The van der Waals surface area contributed by atoms with Crippen LogP contribution in [0.1, 0.15) is 0 Å². The minimum absolute atomic E-state index is 0. The SMILES string of the molecule is O.O.O=C(O)O.O=S(=O)(O)O.O=S(=O)(O)O.O=S(=O)(O)O.[MgH2].[MgH2].[MgH2].[MgH2]. The summed E-state index contributed by atoms with van der Waals surface area (Å²) >= 11 is 0. The highest BCUT2D eigenvalue weighted by atomic mass is 32.3. The van der Waals surface area contributed by atoms with Crippen molar-refractivity contribution in [3.8, 4) is 0 Å². The zero-order valence-corrected chi connectivity index (χ0v) is 11.6. The average molecular weight is 498 g/mol. The Labute approximate surface area is 205 Å². The maximum Gasteiger partial charge on any atom is 0.503 e. The van der Waals surface area contributed by atoms with Gasteiger partial charge in [-0.3, -0.25) is 27.3 Å². The molecule has 12 N–H and O–H groups in total. The first-order valence-corrected chi connectivity index (χ1v) is 6.94. The Morgan fingerprint density at radius 3 is 0.480 bits per heavy atom. The zero-order valence-electron chi connectivity index (χ0n) is 9.16. The Morgan fingerprint density at radius 2 is 0.480 bits per heavy atom. The van der Waals surface area contributed by atoms with Gasteiger partial charge in [-0.05, 0) is 0 Å². The van der Waals surface area contributed by atoms with Crippen molar-refractivity contribution in [2.75, 3.05) is 0 Å². The number of hydrogen-bond donors (Lipinski definition) is 8. The van der Waals surface area contributed by atoms with Gasteiger partial charge in [0.15, 0.2) is 0 Å². The third-order valence-corrected chi connectivity index (χ3v) is 0. The molecule has 0 aromatic heterocycles. The van der Waals surface area contributed by atoms with Gasteiger partial charge in [-0.2, -0.15) is 25.3 Å². The van der Waals surface area contributed by atoms with Crippen LogP contribution in [-0.2, 0) is 31.2 Å². The Balaban J connectivity index is -0.0000000139. The lowest BCUT2D eigenvalue weighted by atomic mass is 11.5. The van der Waals surface area contributed by atoms with Gasteiger partial charge in [-0.15, -0.1) is 0 Å². The van der Waals surface area contributed by atoms with E-state index in [0.717, 1.165) is 0 Å². The van der Waals surface area contributed by atoms with Crippen LogP contribution in [0.15, 0.2) is 0 Å². The van der Waals surface area contributed by atoms with Gasteiger partial charge in [0.05, 0.1) is 0 Å². The lowest BCUT2D eigenvalue weighted by molar-refractivity contribution is 0.136. The molecule has 0 bridgehead atoms. The third-order valence-electron chi connectivity index (χ3n) is 0. The predicted octanol–water partition coefficient (Wildman–Crippen LogP) is -7.05. The largest absolute Gasteiger partial charge is 0.503 e. The molecule has 0 aliphatic rings. The van der Waals surface area contributed by atoms with Crippen LogP contribution in [0.25, 0.3) is 0 Å². The van der Waals surface area contributed by atoms with Crippen molar-refractivity contribution in [1.29, 1.82) is 0 Å². The molecule has 17 nitrogen and oxygen atoms in total. The van der Waals surface area contributed by atoms with Crippen LogP contribution < -0.4 is 0 Å². The molecule has 0 heterocycles. The number of carbonyl (C=O) groups is 1. The van der Waals surface area contributed by atoms with E-state index in [0.29, 0.717) is 0 Å². The Hall–Kier alpha value is 1.86. The lowest BCUT2D eigenvalue weighted by Crippen LogP contribution is -1.89. The van der Waals surface area contributed by atoms with E-state index >= 15 is 0 Å². The van der Waals surface area contributed by atoms with E-state index in [9.17, 15) is 0 Å². The summed E-state index contributed by atoms with van der Waals surface area (Å²) in [4.78, 5) is 8.56. The third kappa shape index (κ3) is 4240. The van der Waals surface area contributed by atoms with Crippen LogP contribution in [0, 0.1) is 0 Å². The second-order valence-electron chi connectivity index (χ2n) is 1.63. The van der Waals surface area contributed by atoms with Gasteiger partial charge >= 0.3 is 130 Å². The minimum Gasteiger partial charge on any atom is -0.450 e. The van der Waals surface area contributed by atoms with Crippen molar-refractivity contribution in [1.82, 2.24) is 0 Å². The number of carboxylic acid groups (broad SMARTS) is 2. The molecule has 0 rings (SSSR count). The van der Waals surface area contributed by atoms with Crippen LogP contribution in [0.3, 0.4) is 0 Å². The quantitative estimate of drug-likeness (QED) is 0.114. The van der Waals surface area contributed by atoms with Crippen LogP contribution in [0.5, 0.6) is 0 Å². The van der Waals surface area contributed by atoms with E-state index < -0.39 is 37.4 Å². The normalized spacial score (nSPS) is 7.92. The molecule has 0 spiro atoms. The van der Waals surface area contributed by atoms with E-state index in [1.807, 2.05) is 0 Å². The molecule has 0 aliphatic carbocycles. The molecule has 0 saturated heterocycles. The molecule has 0 unspecified atom stereocenters. The fraction of sp³-hybridized carbons (Fsp3) is 0. The maximum atomic E-state index is 8.74. The zero-order chi connectivity index (χ0) is 17.1. The highest BCUT2D eigenvalue weighted by Crippen LogP contribution is 1.60. The molecule has 0 aliphatic heterocycles. The smallest absolute Gasteiger partial charge is 0.450 e. The molecule has 24 heteroatoms. The van der Waals surface area contributed by atoms with Crippen LogP contribution in [0.2, 0.25) is 0 Å². The van der Waals surface area contributed by atoms with Gasteiger partial charge in [0.25, 0.3) is 0 Å². The van der Waals surface area contributed by atoms with Crippen LogP contribution in [-0.4, -0.2) is 172 Å². The van der Waals surface area contributed by atoms with E-state index in [1.165, 1.54) is 0 Å². The summed E-state index contributed by atoms with van der Waals surface area (Å²) in [6.07, 6.45) is -1.83. The molecule has 0 fully saturated rings. The Bertz CT molecular complexity index is 431. The summed E-state index contributed by atoms with van der Waals surface area (Å²) in [6, 6.07) is 0. The van der Waals surface area contributed by atoms with Crippen molar-refractivity contribution in [2.45, 2.75) is 0 Å². The molecule has 0 saturated carbocycles. The van der Waals surface area contributed by atoms with Gasteiger partial charge in [-0.1, -0.05) is 0 Å². The minimum atomic E-state index is -4.67. The summed E-state index contributed by atoms with van der Waals surface area (Å²) in [5.41, 5.74) is 0. The fourth-order valence-electron chi connectivity index (χ4n) is 0. The summed E-state index contributed by atoms with van der Waals surface area (Å²) in [5.74, 6) is 0. The molecule has 0 aromatic rings. The van der Waals surface area contributed by atoms with Crippen molar-refractivity contribution < 1.29 is 78.5 Å². The van der Waals surface area contributed by atoms with E-state index in [1.54, 1.807) is 0 Å². The van der Waals surface area contributed by atoms with E-state index in [-0.39, 0.29) is 103 Å². The first kappa shape index (κ1) is 63.2. The van der Waals surface area contributed by atoms with Gasteiger partial charge in [0.2, 0.25) is 0 Å². The van der Waals surface area contributed by atoms with Crippen molar-refractivity contribution in [3.05, 3.63) is 0 Å². The summed E-state index contributed by atoms with van der Waals surface area (Å²) in [6.45, 7) is 0. The first-order valence-electron chi connectivity index (χ1n) is 2.75. The van der Waals surface area contributed by atoms with Gasteiger partial charge in [0.1, 0.15) is 0 Å². The van der Waals surface area contributed by atoms with Crippen molar-refractivity contribution >= 4 is 130 Å². The van der Waals surface area contributed by atoms with E-state index in [2.05, 4.69) is 0 Å². The Morgan fingerprint density at radius 1 is 0.480 bits per heavy atom. The summed E-state index contributed by atoms with van der Waals surface area (Å²) < 4.78 is 94.8. The fourth-order valence-corrected chi connectivity index (χ4v) is 0. The number of hydrogen-bond acceptors (Lipinski definition) is 7. The summed E-state index contributed by atoms with van der Waals surface area (Å²) in [7, 11) is -14.0. The monoisotopic (exact) mass is 496 g/mol. The van der Waals surface area contributed by atoms with Gasteiger partial charge in [-0.25, -0.2) is 4.79 Å². The van der Waals surface area contributed by atoms with Gasteiger partial charge < -0.3 is 21.2 Å². The molecule has 152 valence electrons. The topological polar surface area (TPSA) is 344 Å². The second-order valence-corrected chi connectivity index (χ2v) is 4.31. The standard InChI is InChI=1S/CH2O3.4Mg.3H2O4S.2H2O.8H/c2-1(3)4;;;;;3*1-5(2,3)4;;;;;;;;;;/h(H2,2,3,4);;;;;3*(H2,1,2,3,4);2*1H2;;;;;;;;. The van der Waals surface area contributed by atoms with Crippen molar-refractivity contribution in [2.24, 2.45) is 0 Å².